The molecule has 0 saturated heterocycles. The lowest BCUT2D eigenvalue weighted by Crippen LogP contribution is -2.11. The van der Waals surface area contributed by atoms with Gasteiger partial charge in [0.15, 0.2) is 0 Å². The molecule has 0 saturated carbocycles. The van der Waals surface area contributed by atoms with E-state index in [1.165, 1.54) is 5.69 Å². The van der Waals surface area contributed by atoms with E-state index in [9.17, 15) is 0 Å². The van der Waals surface area contributed by atoms with Gasteiger partial charge in [-0.25, -0.2) is 9.97 Å². The van der Waals surface area contributed by atoms with Gasteiger partial charge in [-0.2, -0.15) is 5.10 Å². The highest BCUT2D eigenvalue weighted by molar-refractivity contribution is 5.55. The van der Waals surface area contributed by atoms with Crippen molar-refractivity contribution >= 4 is 11.6 Å². The lowest BCUT2D eigenvalue weighted by molar-refractivity contribution is 0.573. The second-order valence-electron chi connectivity index (χ2n) is 4.88. The fourth-order valence-corrected chi connectivity index (χ4v) is 2.22. The molecule has 0 aliphatic heterocycles. The molecule has 6 heteroatoms. The summed E-state index contributed by atoms with van der Waals surface area (Å²) in [6.07, 6.45) is 2.57. The van der Waals surface area contributed by atoms with Crippen molar-refractivity contribution in [3.05, 3.63) is 29.3 Å². The number of nitrogens with zero attached hydrogens (tertiary/aromatic N) is 4. The third-order valence-electron chi connectivity index (χ3n) is 3.26. The maximum atomic E-state index is 4.45. The van der Waals surface area contributed by atoms with Gasteiger partial charge in [0.1, 0.15) is 18.0 Å². The molecule has 0 fully saturated rings. The van der Waals surface area contributed by atoms with Gasteiger partial charge in [-0.05, 0) is 33.3 Å². The zero-order valence-corrected chi connectivity index (χ0v) is 12.6. The third kappa shape index (κ3) is 3.26. The lowest BCUT2D eigenvalue weighted by atomic mass is 10.3. The number of nitrogens with one attached hydrogen (secondary N) is 2. The van der Waals surface area contributed by atoms with Crippen molar-refractivity contribution in [2.75, 3.05) is 24.2 Å². The Morgan fingerprint density at radius 1 is 1.15 bits per heavy atom. The van der Waals surface area contributed by atoms with Crippen molar-refractivity contribution in [1.29, 1.82) is 0 Å². The minimum atomic E-state index is 0.860. The van der Waals surface area contributed by atoms with Gasteiger partial charge < -0.3 is 10.6 Å². The first-order valence-corrected chi connectivity index (χ1v) is 6.86. The van der Waals surface area contributed by atoms with E-state index in [1.807, 2.05) is 25.6 Å². The summed E-state index contributed by atoms with van der Waals surface area (Å²) in [5, 5.41) is 10.9. The molecule has 0 radical (unpaired) electrons. The molecule has 0 bridgehead atoms. The van der Waals surface area contributed by atoms with Crippen molar-refractivity contribution in [3.8, 4) is 0 Å². The molecule has 2 N–H and O–H groups in total. The SMILES string of the molecule is CNc1ncnc(NCCCn2nc(C)cc2C)c1C. The summed E-state index contributed by atoms with van der Waals surface area (Å²) in [7, 11) is 1.86. The second-order valence-corrected chi connectivity index (χ2v) is 4.88. The molecule has 0 spiro atoms. The van der Waals surface area contributed by atoms with E-state index in [1.54, 1.807) is 6.33 Å². The summed E-state index contributed by atoms with van der Waals surface area (Å²) in [6.45, 7) is 7.89. The highest BCUT2D eigenvalue weighted by Gasteiger charge is 2.05. The molecule has 0 aliphatic carbocycles. The predicted octanol–water partition coefficient (Wildman–Crippen LogP) is 2.14. The predicted molar refractivity (Wildman–Crippen MR) is 81.1 cm³/mol. The zero-order valence-electron chi connectivity index (χ0n) is 12.6. The normalized spacial score (nSPS) is 10.6. The van der Waals surface area contributed by atoms with Crippen LogP contribution < -0.4 is 10.6 Å². The van der Waals surface area contributed by atoms with E-state index in [0.29, 0.717) is 0 Å². The molecule has 6 nitrogen and oxygen atoms in total. The van der Waals surface area contributed by atoms with Gasteiger partial charge in [-0.1, -0.05) is 0 Å². The van der Waals surface area contributed by atoms with Crippen LogP contribution in [0, 0.1) is 20.8 Å². The lowest BCUT2D eigenvalue weighted by Gasteiger charge is -2.11. The Morgan fingerprint density at radius 2 is 1.90 bits per heavy atom. The summed E-state index contributed by atoms with van der Waals surface area (Å²) in [6, 6.07) is 2.10. The molecule has 0 aromatic carbocycles. The molecular formula is C14H22N6. The van der Waals surface area contributed by atoms with E-state index in [0.717, 1.165) is 42.4 Å². The Hall–Kier alpha value is -2.11. The third-order valence-corrected chi connectivity index (χ3v) is 3.26. The van der Waals surface area contributed by atoms with Crippen LogP contribution in [0.15, 0.2) is 12.4 Å². The molecule has 0 unspecified atom stereocenters. The molecule has 108 valence electrons. The van der Waals surface area contributed by atoms with E-state index >= 15 is 0 Å². The molecule has 2 rings (SSSR count). The Labute approximate surface area is 119 Å². The Kier molecular flexibility index (Phi) is 4.55. The maximum absolute atomic E-state index is 4.45. The van der Waals surface area contributed by atoms with Crippen LogP contribution in [0.3, 0.4) is 0 Å². The van der Waals surface area contributed by atoms with Gasteiger partial charge >= 0.3 is 0 Å². The van der Waals surface area contributed by atoms with Gasteiger partial charge in [0.2, 0.25) is 0 Å². The van der Waals surface area contributed by atoms with Crippen LogP contribution in [0.25, 0.3) is 0 Å². The number of rotatable bonds is 6. The summed E-state index contributed by atoms with van der Waals surface area (Å²) in [5.74, 6) is 1.75. The highest BCUT2D eigenvalue weighted by Crippen LogP contribution is 2.17. The van der Waals surface area contributed by atoms with Gasteiger partial charge in [0.25, 0.3) is 0 Å². The summed E-state index contributed by atoms with van der Waals surface area (Å²) < 4.78 is 2.04. The van der Waals surface area contributed by atoms with Crippen LogP contribution >= 0.6 is 0 Å². The Morgan fingerprint density at radius 3 is 2.55 bits per heavy atom. The fourth-order valence-electron chi connectivity index (χ4n) is 2.22. The van der Waals surface area contributed by atoms with E-state index in [2.05, 4.69) is 38.7 Å². The number of anilines is 2. The molecule has 0 amide bonds. The first-order chi connectivity index (χ1) is 9.61. The molecule has 0 atom stereocenters. The number of hydrogen-bond donors (Lipinski definition) is 2. The Balaban J connectivity index is 1.86. The van der Waals surface area contributed by atoms with Crippen molar-refractivity contribution < 1.29 is 0 Å². The van der Waals surface area contributed by atoms with Gasteiger partial charge in [0, 0.05) is 31.4 Å². The van der Waals surface area contributed by atoms with E-state index in [4.69, 9.17) is 0 Å². The average Bonchev–Trinajstić information content (AvgIpc) is 2.74. The highest BCUT2D eigenvalue weighted by atomic mass is 15.3. The number of hydrogen-bond acceptors (Lipinski definition) is 5. The van der Waals surface area contributed by atoms with Crippen LogP contribution in [0.2, 0.25) is 0 Å². The summed E-state index contributed by atoms with van der Waals surface area (Å²) in [4.78, 5) is 8.44. The number of aromatic nitrogens is 4. The zero-order chi connectivity index (χ0) is 14.5. The standard InChI is InChI=1S/C14H22N6/c1-10-8-11(2)20(19-10)7-5-6-16-14-12(3)13(15-4)17-9-18-14/h8-9H,5-7H2,1-4H3,(H2,15,16,17,18). The number of aryl methyl sites for hydroxylation is 3. The second kappa shape index (κ2) is 6.36. The van der Waals surface area contributed by atoms with Crippen LogP contribution in [-0.2, 0) is 6.54 Å². The topological polar surface area (TPSA) is 67.7 Å². The first kappa shape index (κ1) is 14.3. The summed E-state index contributed by atoms with van der Waals surface area (Å²) in [5.41, 5.74) is 3.32. The average molecular weight is 274 g/mol. The minimum Gasteiger partial charge on any atom is -0.373 e. The maximum Gasteiger partial charge on any atom is 0.134 e. The minimum absolute atomic E-state index is 0.860. The largest absolute Gasteiger partial charge is 0.373 e. The molecular weight excluding hydrogens is 252 g/mol. The van der Waals surface area contributed by atoms with E-state index < -0.39 is 0 Å². The van der Waals surface area contributed by atoms with Gasteiger partial charge in [-0.3, -0.25) is 4.68 Å². The van der Waals surface area contributed by atoms with Crippen LogP contribution in [0.4, 0.5) is 11.6 Å². The van der Waals surface area contributed by atoms with Crippen molar-refractivity contribution in [1.82, 2.24) is 19.7 Å². The quantitative estimate of drug-likeness (QED) is 0.790. The molecule has 2 aromatic heterocycles. The van der Waals surface area contributed by atoms with Crippen LogP contribution in [-0.4, -0.2) is 33.3 Å². The van der Waals surface area contributed by atoms with Gasteiger partial charge in [-0.15, -0.1) is 0 Å². The molecule has 20 heavy (non-hydrogen) atoms. The fraction of sp³-hybridized carbons (Fsp3) is 0.500. The molecule has 2 heterocycles. The van der Waals surface area contributed by atoms with Crippen molar-refractivity contribution in [2.45, 2.75) is 33.7 Å². The Bertz CT molecular complexity index is 575. The van der Waals surface area contributed by atoms with Gasteiger partial charge in [0.05, 0.1) is 5.69 Å². The van der Waals surface area contributed by atoms with Crippen LogP contribution in [0.1, 0.15) is 23.4 Å². The van der Waals surface area contributed by atoms with E-state index in [-0.39, 0.29) is 0 Å². The smallest absolute Gasteiger partial charge is 0.134 e. The molecule has 0 aliphatic rings. The van der Waals surface area contributed by atoms with Crippen molar-refractivity contribution in [3.63, 3.8) is 0 Å². The monoisotopic (exact) mass is 274 g/mol. The summed E-state index contributed by atoms with van der Waals surface area (Å²) >= 11 is 0. The first-order valence-electron chi connectivity index (χ1n) is 6.86. The van der Waals surface area contributed by atoms with Crippen molar-refractivity contribution in [2.24, 2.45) is 0 Å². The van der Waals surface area contributed by atoms with Crippen LogP contribution in [0.5, 0.6) is 0 Å². The molecule has 2 aromatic rings.